The smallest absolute Gasteiger partial charge is 0.261 e. The maximum absolute atomic E-state index is 14.4. The van der Waals surface area contributed by atoms with Crippen LogP contribution in [-0.2, 0) is 17.8 Å². The van der Waals surface area contributed by atoms with E-state index in [1.54, 1.807) is 24.3 Å². The minimum absolute atomic E-state index is 0.0464. The van der Waals surface area contributed by atoms with Crippen molar-refractivity contribution in [1.29, 1.82) is 0 Å². The average Bonchev–Trinajstić information content (AvgIpc) is 3.16. The molecule has 0 aromatic heterocycles. The number of amides is 2. The highest BCUT2D eigenvalue weighted by Gasteiger charge is 2.45. The zero-order valence-corrected chi connectivity index (χ0v) is 19.6. The predicted octanol–water partition coefficient (Wildman–Crippen LogP) is 3.93. The molecule has 0 radical (unpaired) electrons. The van der Waals surface area contributed by atoms with E-state index in [1.165, 1.54) is 17.0 Å². The first-order chi connectivity index (χ1) is 14.9. The number of hydrogen-bond donors (Lipinski definition) is 1. The lowest BCUT2D eigenvalue weighted by atomic mass is 9.96. The fourth-order valence-electron chi connectivity index (χ4n) is 4.14. The van der Waals surface area contributed by atoms with Crippen LogP contribution in [0.4, 0.5) is 4.39 Å². The van der Waals surface area contributed by atoms with Crippen molar-refractivity contribution in [3.05, 3.63) is 64.5 Å². The third-order valence-electron chi connectivity index (χ3n) is 5.75. The Bertz CT molecular complexity index is 1060. The average molecular weight is 459 g/mol. The van der Waals surface area contributed by atoms with Crippen LogP contribution in [0.1, 0.15) is 72.5 Å². The van der Waals surface area contributed by atoms with E-state index in [0.29, 0.717) is 34.4 Å². The normalized spacial score (nSPS) is 21.9. The lowest BCUT2D eigenvalue weighted by Gasteiger charge is -2.30. The fraction of sp³-hybridized carbons (Fsp3) is 0.417. The summed E-state index contributed by atoms with van der Waals surface area (Å²) in [5.41, 5.74) is 1.08. The number of nitrogens with zero attached hydrogens (tertiary/aromatic N) is 1. The van der Waals surface area contributed by atoms with Crippen LogP contribution in [0.5, 0.6) is 5.75 Å². The van der Waals surface area contributed by atoms with Crippen molar-refractivity contribution < 1.29 is 23.3 Å². The summed E-state index contributed by atoms with van der Waals surface area (Å²) in [6.45, 7) is 9.23. The summed E-state index contributed by atoms with van der Waals surface area (Å²) in [4.78, 5) is 26.8. The van der Waals surface area contributed by atoms with E-state index in [-0.39, 0.29) is 18.4 Å². The van der Waals surface area contributed by atoms with Crippen molar-refractivity contribution in [3.63, 3.8) is 0 Å². The Kier molecular flexibility index (Phi) is 5.59. The molecule has 0 bridgehead atoms. The lowest BCUT2D eigenvalue weighted by Crippen LogP contribution is -2.46. The second-order valence-corrected chi connectivity index (χ2v) is 11.7. The van der Waals surface area contributed by atoms with Crippen molar-refractivity contribution in [2.24, 2.45) is 0 Å². The number of ether oxygens (including phenoxy) is 1. The molecule has 8 heteroatoms. The maximum atomic E-state index is 14.4. The zero-order chi connectivity index (χ0) is 23.4. The molecule has 2 aliphatic rings. The highest BCUT2D eigenvalue weighted by molar-refractivity contribution is 7.90. The van der Waals surface area contributed by atoms with Crippen LogP contribution < -0.4 is 9.46 Å². The van der Waals surface area contributed by atoms with Crippen LogP contribution in [0.25, 0.3) is 0 Å². The first-order valence-corrected chi connectivity index (χ1v) is 11.7. The van der Waals surface area contributed by atoms with Gasteiger partial charge in [-0.1, -0.05) is 12.1 Å². The molecule has 2 aliphatic heterocycles. The molecular formula is C24H27FN2O4S. The Labute approximate surface area is 190 Å². The summed E-state index contributed by atoms with van der Waals surface area (Å²) in [5.74, 6) is -0.610. The van der Waals surface area contributed by atoms with E-state index in [4.69, 9.17) is 4.74 Å². The van der Waals surface area contributed by atoms with Gasteiger partial charge in [-0.3, -0.25) is 14.5 Å². The van der Waals surface area contributed by atoms with Crippen LogP contribution in [0.2, 0.25) is 0 Å². The third kappa shape index (κ3) is 4.02. The van der Waals surface area contributed by atoms with Crippen LogP contribution in [0, 0.1) is 5.82 Å². The molecule has 2 aromatic rings. The van der Waals surface area contributed by atoms with Gasteiger partial charge in [-0.05, 0) is 58.9 Å². The summed E-state index contributed by atoms with van der Waals surface area (Å²) in [7, 11) is 0. The minimum Gasteiger partial charge on any atom is -0.598 e. The van der Waals surface area contributed by atoms with E-state index in [2.05, 4.69) is 4.72 Å². The number of carbonyl (C=O) groups is 2. The van der Waals surface area contributed by atoms with Crippen molar-refractivity contribution in [2.45, 2.75) is 57.4 Å². The van der Waals surface area contributed by atoms with Gasteiger partial charge in [0.15, 0.2) is 0 Å². The van der Waals surface area contributed by atoms with Crippen LogP contribution in [-0.4, -0.2) is 38.2 Å². The molecule has 4 rings (SSSR count). The number of nitrogens with one attached hydrogen (secondary N) is 1. The first-order valence-electron chi connectivity index (χ1n) is 10.5. The molecule has 0 aliphatic carbocycles. The number of halogens is 1. The predicted molar refractivity (Wildman–Crippen MR) is 120 cm³/mol. The monoisotopic (exact) mass is 458 g/mol. The minimum atomic E-state index is -1.35. The number of carbonyl (C=O) groups excluding carboxylic acids is 2. The van der Waals surface area contributed by atoms with Crippen molar-refractivity contribution in [1.82, 2.24) is 9.62 Å². The van der Waals surface area contributed by atoms with E-state index >= 15 is 0 Å². The standard InChI is InChI=1S/C24H27FN2O4S/c1-14(26-32(30)23(2,3)4)19-11-16(25)10-15-12-24(5,31-20(15)19)13-27-21(28)17-8-6-7-9-18(17)22(27)29/h6-11,14,26H,12-13H2,1-5H3/t14-,24?,32-/m1/s1. The first kappa shape index (κ1) is 22.8. The largest absolute Gasteiger partial charge is 0.598 e. The summed E-state index contributed by atoms with van der Waals surface area (Å²) in [6, 6.07) is 9.09. The number of fused-ring (bicyclic) bond motifs is 2. The van der Waals surface area contributed by atoms with Crippen LogP contribution >= 0.6 is 0 Å². The van der Waals surface area contributed by atoms with Gasteiger partial charge in [-0.2, -0.15) is 0 Å². The SMILES string of the molecule is C[C@@H](N[S@+]([O-])C(C)(C)C)c1cc(F)cc2c1OC(C)(CN1C(=O)c3ccccc3C1=O)C2. The molecule has 0 spiro atoms. The van der Waals surface area contributed by atoms with Gasteiger partial charge in [0.25, 0.3) is 11.8 Å². The maximum Gasteiger partial charge on any atom is 0.261 e. The van der Waals surface area contributed by atoms with Gasteiger partial charge in [0.05, 0.1) is 23.7 Å². The molecule has 0 saturated heterocycles. The Balaban J connectivity index is 1.58. The third-order valence-corrected chi connectivity index (χ3v) is 7.43. The molecule has 2 amide bonds. The quantitative estimate of drug-likeness (QED) is 0.542. The number of hydrogen-bond acceptors (Lipinski definition) is 5. The molecule has 2 heterocycles. The second-order valence-electron chi connectivity index (χ2n) is 9.67. The highest BCUT2D eigenvalue weighted by Crippen LogP contribution is 2.42. The lowest BCUT2D eigenvalue weighted by molar-refractivity contribution is 0.0416. The Morgan fingerprint density at radius 3 is 2.38 bits per heavy atom. The molecule has 2 aromatic carbocycles. The molecule has 0 saturated carbocycles. The van der Waals surface area contributed by atoms with E-state index in [0.717, 1.165) is 0 Å². The number of benzene rings is 2. The molecule has 0 fully saturated rings. The van der Waals surface area contributed by atoms with Crippen LogP contribution in [0.3, 0.4) is 0 Å². The molecule has 3 atom stereocenters. The topological polar surface area (TPSA) is 81.7 Å². The zero-order valence-electron chi connectivity index (χ0n) is 18.8. The summed E-state index contributed by atoms with van der Waals surface area (Å²) >= 11 is -1.35. The van der Waals surface area contributed by atoms with Gasteiger partial charge in [0, 0.05) is 28.9 Å². The highest BCUT2D eigenvalue weighted by atomic mass is 32.2. The molecule has 32 heavy (non-hydrogen) atoms. The van der Waals surface area contributed by atoms with Crippen molar-refractivity contribution in [3.8, 4) is 5.75 Å². The second kappa shape index (κ2) is 7.86. The Morgan fingerprint density at radius 2 is 1.81 bits per heavy atom. The van der Waals surface area contributed by atoms with Gasteiger partial charge in [-0.25, -0.2) is 4.39 Å². The summed E-state index contributed by atoms with van der Waals surface area (Å²) in [6.07, 6.45) is 0.343. The molecular weight excluding hydrogens is 431 g/mol. The van der Waals surface area contributed by atoms with Crippen LogP contribution in [0.15, 0.2) is 36.4 Å². The molecule has 1 N–H and O–H groups in total. The van der Waals surface area contributed by atoms with Crippen molar-refractivity contribution >= 4 is 23.2 Å². The fourth-order valence-corrected chi connectivity index (χ4v) is 4.94. The summed E-state index contributed by atoms with van der Waals surface area (Å²) < 4.78 is 35.8. The van der Waals surface area contributed by atoms with Gasteiger partial charge in [-0.15, -0.1) is 4.72 Å². The number of imide groups is 1. The number of rotatable bonds is 5. The van der Waals surface area contributed by atoms with E-state index in [1.807, 2.05) is 34.6 Å². The van der Waals surface area contributed by atoms with E-state index < -0.39 is 33.6 Å². The Hall–Kier alpha value is -2.42. The van der Waals surface area contributed by atoms with Gasteiger partial charge < -0.3 is 9.29 Å². The summed E-state index contributed by atoms with van der Waals surface area (Å²) in [5, 5.41) is 0. The van der Waals surface area contributed by atoms with E-state index in [9.17, 15) is 18.5 Å². The molecule has 1 unspecified atom stereocenters. The molecule has 170 valence electrons. The van der Waals surface area contributed by atoms with Crippen molar-refractivity contribution in [2.75, 3.05) is 6.54 Å². The van der Waals surface area contributed by atoms with Gasteiger partial charge >= 0.3 is 0 Å². The van der Waals surface area contributed by atoms with Gasteiger partial charge in [0.2, 0.25) is 0 Å². The van der Waals surface area contributed by atoms with Gasteiger partial charge in [0.1, 0.15) is 21.9 Å². The Morgan fingerprint density at radius 1 is 1.22 bits per heavy atom. The molecule has 6 nitrogen and oxygen atoms in total.